The summed E-state index contributed by atoms with van der Waals surface area (Å²) >= 11 is 0. The number of unbranched alkanes of at least 4 members (excludes halogenated alkanes) is 16. The Morgan fingerprint density at radius 1 is 0.953 bits per heavy atom. The van der Waals surface area contributed by atoms with Crippen LogP contribution in [0.25, 0.3) is 5.52 Å². The second-order valence-corrected chi connectivity index (χ2v) is 14.0. The van der Waals surface area contributed by atoms with Crippen molar-refractivity contribution in [1.82, 2.24) is 14.6 Å². The quantitative estimate of drug-likeness (QED) is 0.0852. The molecule has 12 heteroatoms. The number of aromatic nitrogens is 3. The Kier molecular flexibility index (Phi) is 12.4. The summed E-state index contributed by atoms with van der Waals surface area (Å²) in [7, 11) is -4.46. The molecule has 11 nitrogen and oxygen atoms in total. The largest absolute Gasteiger partial charge is 0.472 e. The van der Waals surface area contributed by atoms with Gasteiger partial charge in [-0.2, -0.15) is 5.10 Å². The number of hydrogen-bond donors (Lipinski definition) is 4. The molecule has 0 aromatic carbocycles. The highest BCUT2D eigenvalue weighted by atomic mass is 31.2. The van der Waals surface area contributed by atoms with E-state index < -0.39 is 37.3 Å². The maximum absolute atomic E-state index is 12.6. The number of phosphoric acid groups is 1. The third kappa shape index (κ3) is 8.17. The first-order valence-corrected chi connectivity index (χ1v) is 18.0. The van der Waals surface area contributed by atoms with Crippen LogP contribution in [0, 0.1) is 0 Å². The van der Waals surface area contributed by atoms with Crippen LogP contribution in [0.4, 0.5) is 5.82 Å². The first-order chi connectivity index (χ1) is 20.7. The molecule has 5 N–H and O–H groups in total. The normalized spacial score (nSPS) is 27.9. The van der Waals surface area contributed by atoms with Crippen molar-refractivity contribution < 1.29 is 33.5 Å². The average Bonchev–Trinajstić information content (AvgIpc) is 3.25. The van der Waals surface area contributed by atoms with Crippen molar-refractivity contribution in [2.45, 2.75) is 153 Å². The molecular weight excluding hydrogens is 571 g/mol. The molecule has 43 heavy (non-hydrogen) atoms. The SMILES string of the molecule is CCCCCCCCCCCCCCCCCCCOP(=O)(O)OC1[C@@]2(C)O[C@@H](c3ccc4c(N)ncnn34)[C@H](O)[C@@]12O. The smallest absolute Gasteiger partial charge is 0.387 e. The van der Waals surface area contributed by atoms with Crippen LogP contribution in [0.3, 0.4) is 0 Å². The molecule has 244 valence electrons. The molecule has 6 atom stereocenters. The molecule has 4 rings (SSSR count). The third-order valence-electron chi connectivity index (χ3n) is 9.26. The summed E-state index contributed by atoms with van der Waals surface area (Å²) in [5.74, 6) is 0.267. The van der Waals surface area contributed by atoms with E-state index in [1.54, 1.807) is 12.1 Å². The van der Waals surface area contributed by atoms with E-state index in [9.17, 15) is 19.7 Å². The van der Waals surface area contributed by atoms with Crippen LogP contribution >= 0.6 is 7.82 Å². The van der Waals surface area contributed by atoms with Gasteiger partial charge in [-0.15, -0.1) is 0 Å². The van der Waals surface area contributed by atoms with E-state index >= 15 is 0 Å². The van der Waals surface area contributed by atoms with Gasteiger partial charge in [-0.1, -0.05) is 110 Å². The fraction of sp³-hybridized carbons (Fsp3) is 0.806. The van der Waals surface area contributed by atoms with Gasteiger partial charge in [0.1, 0.15) is 35.8 Å². The molecule has 0 bridgehead atoms. The Hall–Kier alpha value is -1.59. The van der Waals surface area contributed by atoms with E-state index in [-0.39, 0.29) is 12.4 Å². The van der Waals surface area contributed by atoms with E-state index in [1.807, 2.05) is 0 Å². The monoisotopic (exact) mass is 624 g/mol. The van der Waals surface area contributed by atoms with Crippen LogP contribution in [0.5, 0.6) is 0 Å². The van der Waals surface area contributed by atoms with Gasteiger partial charge in [-0.25, -0.2) is 14.1 Å². The Labute approximate surface area is 256 Å². The summed E-state index contributed by atoms with van der Waals surface area (Å²) in [5, 5.41) is 26.3. The van der Waals surface area contributed by atoms with Crippen LogP contribution < -0.4 is 5.73 Å². The number of ether oxygens (including phenoxy) is 1. The first kappa shape index (κ1) is 34.3. The molecule has 0 radical (unpaired) electrons. The Bertz CT molecular complexity index is 1200. The number of rotatable bonds is 22. The van der Waals surface area contributed by atoms with Crippen LogP contribution in [-0.2, 0) is 18.3 Å². The number of hydrogen-bond acceptors (Lipinski definition) is 9. The van der Waals surface area contributed by atoms with Gasteiger partial charge in [-0.3, -0.25) is 9.05 Å². The lowest BCUT2D eigenvalue weighted by Gasteiger charge is -2.23. The fourth-order valence-corrected chi connectivity index (χ4v) is 7.54. The summed E-state index contributed by atoms with van der Waals surface area (Å²) < 4.78 is 30.6. The summed E-state index contributed by atoms with van der Waals surface area (Å²) in [5.41, 5.74) is 3.63. The zero-order chi connectivity index (χ0) is 30.9. The van der Waals surface area contributed by atoms with Gasteiger partial charge >= 0.3 is 7.82 Å². The number of anilines is 1. The van der Waals surface area contributed by atoms with Gasteiger partial charge in [0.25, 0.3) is 0 Å². The van der Waals surface area contributed by atoms with E-state index in [0.29, 0.717) is 17.6 Å². The molecule has 0 spiro atoms. The molecule has 2 aliphatic rings. The van der Waals surface area contributed by atoms with Gasteiger partial charge in [-0.05, 0) is 25.5 Å². The van der Waals surface area contributed by atoms with Crippen LogP contribution in [0.15, 0.2) is 18.5 Å². The minimum Gasteiger partial charge on any atom is -0.387 e. The molecule has 1 saturated carbocycles. The fourth-order valence-electron chi connectivity index (χ4n) is 6.49. The third-order valence-corrected chi connectivity index (χ3v) is 10.3. The van der Waals surface area contributed by atoms with Crippen LogP contribution in [-0.4, -0.2) is 59.7 Å². The molecule has 1 aliphatic carbocycles. The maximum Gasteiger partial charge on any atom is 0.472 e. The standard InChI is InChI=1S/C31H53N4O7P/c1-3-4-5-6-7-8-9-10-11-12-13-14-15-16-17-18-19-22-40-43(38,39)42-29-30(2)31(29,37)27(36)26(41-30)24-20-21-25-28(32)33-23-34-35(24)25/h20-21,23,26-27,29,36-37H,3-19,22H2,1-2H3,(H,38,39)(H2,32,33,34)/t26-,27-,29?,30+,31+/m0/s1. The van der Waals surface area contributed by atoms with Gasteiger partial charge in [0.2, 0.25) is 0 Å². The topological polar surface area (TPSA) is 162 Å². The van der Waals surface area contributed by atoms with Crippen molar-refractivity contribution in [3.8, 4) is 0 Å². The number of nitrogens with zero attached hydrogens (tertiary/aromatic N) is 3. The van der Waals surface area contributed by atoms with Crippen molar-refractivity contribution in [3.63, 3.8) is 0 Å². The summed E-state index contributed by atoms with van der Waals surface area (Å²) in [6.45, 7) is 3.88. The molecule has 2 aromatic heterocycles. The number of aliphatic hydroxyl groups is 2. The first-order valence-electron chi connectivity index (χ1n) is 16.5. The van der Waals surface area contributed by atoms with Crippen molar-refractivity contribution in [2.75, 3.05) is 12.3 Å². The summed E-state index contributed by atoms with van der Waals surface area (Å²) in [4.78, 5) is 14.2. The molecule has 3 heterocycles. The van der Waals surface area contributed by atoms with E-state index in [2.05, 4.69) is 17.0 Å². The molecule has 2 aromatic rings. The molecule has 1 aliphatic heterocycles. The zero-order valence-corrected chi connectivity index (χ0v) is 26.9. The molecule has 2 unspecified atom stereocenters. The minimum absolute atomic E-state index is 0.0809. The minimum atomic E-state index is -4.46. The van der Waals surface area contributed by atoms with Crippen molar-refractivity contribution >= 4 is 19.2 Å². The molecule has 1 saturated heterocycles. The lowest BCUT2D eigenvalue weighted by Crippen LogP contribution is -2.35. The second kappa shape index (κ2) is 15.6. The molecule has 2 fully saturated rings. The summed E-state index contributed by atoms with van der Waals surface area (Å²) in [6, 6.07) is 3.38. The van der Waals surface area contributed by atoms with E-state index in [4.69, 9.17) is 19.5 Å². The molecule has 0 amide bonds. The predicted octanol–water partition coefficient (Wildman–Crippen LogP) is 6.40. The average molecular weight is 625 g/mol. The molecular formula is C31H53N4O7P. The van der Waals surface area contributed by atoms with E-state index in [0.717, 1.165) is 19.3 Å². The van der Waals surface area contributed by atoms with E-state index in [1.165, 1.54) is 101 Å². The van der Waals surface area contributed by atoms with Crippen LogP contribution in [0.2, 0.25) is 0 Å². The van der Waals surface area contributed by atoms with Crippen molar-refractivity contribution in [1.29, 1.82) is 0 Å². The highest BCUT2D eigenvalue weighted by Crippen LogP contribution is 2.68. The van der Waals surface area contributed by atoms with Crippen LogP contribution in [0.1, 0.15) is 135 Å². The van der Waals surface area contributed by atoms with Gasteiger partial charge in [0.05, 0.1) is 12.3 Å². The highest BCUT2D eigenvalue weighted by molar-refractivity contribution is 7.47. The predicted molar refractivity (Wildman–Crippen MR) is 165 cm³/mol. The number of nitrogens with two attached hydrogens (primary N) is 1. The van der Waals surface area contributed by atoms with Gasteiger partial charge < -0.3 is 25.6 Å². The number of phosphoric ester groups is 1. The highest BCUT2D eigenvalue weighted by Gasteiger charge is 2.87. The van der Waals surface area contributed by atoms with Gasteiger partial charge in [0, 0.05) is 0 Å². The number of fused-ring (bicyclic) bond motifs is 2. The lowest BCUT2D eigenvalue weighted by atomic mass is 10.0. The van der Waals surface area contributed by atoms with Crippen molar-refractivity contribution in [3.05, 3.63) is 24.2 Å². The zero-order valence-electron chi connectivity index (χ0n) is 26.0. The maximum atomic E-state index is 12.6. The van der Waals surface area contributed by atoms with Gasteiger partial charge in [0.15, 0.2) is 11.4 Å². The second-order valence-electron chi connectivity index (χ2n) is 12.6. The van der Waals surface area contributed by atoms with Crippen molar-refractivity contribution in [2.24, 2.45) is 0 Å². The Balaban J connectivity index is 1.04. The Morgan fingerprint density at radius 3 is 2.00 bits per heavy atom. The Morgan fingerprint density at radius 2 is 1.49 bits per heavy atom. The lowest BCUT2D eigenvalue weighted by molar-refractivity contribution is -0.0798. The number of nitrogen functional groups attached to an aromatic ring is 1. The number of aliphatic hydroxyl groups excluding tert-OH is 1. The summed E-state index contributed by atoms with van der Waals surface area (Å²) in [6.07, 6.45) is 19.0.